The first-order valence-electron chi connectivity index (χ1n) is 8.40. The van der Waals surface area contributed by atoms with E-state index in [1.807, 2.05) is 32.2 Å². The fraction of sp³-hybridized carbons (Fsp3) is 0.500. The lowest BCUT2D eigenvalue weighted by Gasteiger charge is -2.26. The highest BCUT2D eigenvalue weighted by atomic mass is 32.2. The first-order valence-corrected chi connectivity index (χ1v) is 10.3. The maximum Gasteiger partial charge on any atom is 0.254 e. The predicted molar refractivity (Wildman–Crippen MR) is 102 cm³/mol. The van der Waals surface area contributed by atoms with Gasteiger partial charge in [0.25, 0.3) is 5.56 Å². The molecule has 1 N–H and O–H groups in total. The number of nitrogens with zero attached hydrogens (tertiary/aromatic N) is 2. The minimum Gasteiger partial charge on any atom is -0.355 e. The largest absolute Gasteiger partial charge is 0.355 e. The van der Waals surface area contributed by atoms with Gasteiger partial charge in [0.2, 0.25) is 5.91 Å². The molecule has 0 saturated carbocycles. The molecule has 3 rings (SSSR count). The number of hydrogen-bond acceptors (Lipinski definition) is 5. The van der Waals surface area contributed by atoms with Crippen LogP contribution in [0.3, 0.4) is 0 Å². The van der Waals surface area contributed by atoms with E-state index in [0.29, 0.717) is 18.8 Å². The summed E-state index contributed by atoms with van der Waals surface area (Å²) in [5.74, 6) is 0.479. The Morgan fingerprint density at radius 1 is 1.44 bits per heavy atom. The van der Waals surface area contributed by atoms with Gasteiger partial charge in [0, 0.05) is 35.2 Å². The molecule has 134 valence electrons. The van der Waals surface area contributed by atoms with E-state index in [4.69, 9.17) is 0 Å². The number of aromatic nitrogens is 2. The van der Waals surface area contributed by atoms with Crippen molar-refractivity contribution in [2.75, 3.05) is 12.3 Å². The van der Waals surface area contributed by atoms with E-state index in [1.165, 1.54) is 16.6 Å². The van der Waals surface area contributed by atoms with Crippen LogP contribution in [0.2, 0.25) is 0 Å². The molecule has 1 unspecified atom stereocenters. The topological polar surface area (TPSA) is 64.0 Å². The van der Waals surface area contributed by atoms with Crippen LogP contribution in [-0.2, 0) is 23.2 Å². The SMILES string of the molecule is CC(C)(C)c1cc(=O)n2c(n1)SCC(C(=O)NCCc1cccs1)C2. The molecule has 7 heteroatoms. The number of amides is 1. The summed E-state index contributed by atoms with van der Waals surface area (Å²) in [5.41, 5.74) is 0.569. The van der Waals surface area contributed by atoms with Crippen molar-refractivity contribution in [1.82, 2.24) is 14.9 Å². The Kier molecular flexibility index (Phi) is 5.34. The Balaban J connectivity index is 1.64. The highest BCUT2D eigenvalue weighted by Crippen LogP contribution is 2.28. The molecule has 0 aromatic carbocycles. The second-order valence-corrected chi connectivity index (χ2v) is 9.27. The monoisotopic (exact) mass is 377 g/mol. The first kappa shape index (κ1) is 18.2. The molecule has 0 aliphatic carbocycles. The molecule has 2 aromatic rings. The van der Waals surface area contributed by atoms with Crippen LogP contribution in [0.25, 0.3) is 0 Å². The van der Waals surface area contributed by atoms with E-state index < -0.39 is 0 Å². The molecule has 1 aliphatic rings. The fourth-order valence-electron chi connectivity index (χ4n) is 2.66. The van der Waals surface area contributed by atoms with Crippen molar-refractivity contribution >= 4 is 29.0 Å². The van der Waals surface area contributed by atoms with Crippen LogP contribution in [0.5, 0.6) is 0 Å². The number of hydrogen-bond donors (Lipinski definition) is 1. The van der Waals surface area contributed by atoms with Crippen LogP contribution in [-0.4, -0.2) is 27.8 Å². The van der Waals surface area contributed by atoms with Crippen molar-refractivity contribution < 1.29 is 4.79 Å². The molecule has 1 aliphatic heterocycles. The van der Waals surface area contributed by atoms with Gasteiger partial charge in [0.05, 0.1) is 11.6 Å². The zero-order chi connectivity index (χ0) is 18.0. The predicted octanol–water partition coefficient (Wildman–Crippen LogP) is 2.68. The van der Waals surface area contributed by atoms with Gasteiger partial charge < -0.3 is 5.32 Å². The summed E-state index contributed by atoms with van der Waals surface area (Å²) < 4.78 is 1.63. The zero-order valence-electron chi connectivity index (χ0n) is 14.7. The van der Waals surface area contributed by atoms with Crippen molar-refractivity contribution in [2.45, 2.75) is 44.3 Å². The molecule has 0 spiro atoms. The molecular formula is C18H23N3O2S2. The molecular weight excluding hydrogens is 354 g/mol. The first-order chi connectivity index (χ1) is 11.8. The van der Waals surface area contributed by atoms with Gasteiger partial charge in [-0.2, -0.15) is 0 Å². The van der Waals surface area contributed by atoms with Gasteiger partial charge >= 0.3 is 0 Å². The second-order valence-electron chi connectivity index (χ2n) is 7.25. The van der Waals surface area contributed by atoms with E-state index in [2.05, 4.69) is 16.4 Å². The smallest absolute Gasteiger partial charge is 0.254 e. The molecule has 0 radical (unpaired) electrons. The Bertz CT molecular complexity index is 807. The van der Waals surface area contributed by atoms with E-state index >= 15 is 0 Å². The maximum absolute atomic E-state index is 12.4. The van der Waals surface area contributed by atoms with Gasteiger partial charge in [-0.1, -0.05) is 38.6 Å². The minimum atomic E-state index is -0.194. The number of nitrogens with one attached hydrogen (secondary N) is 1. The molecule has 1 amide bonds. The molecule has 3 heterocycles. The Hall–Kier alpha value is -1.60. The average molecular weight is 378 g/mol. The van der Waals surface area contributed by atoms with Gasteiger partial charge in [-0.15, -0.1) is 11.3 Å². The van der Waals surface area contributed by atoms with Crippen LogP contribution in [0.4, 0.5) is 0 Å². The molecule has 2 aromatic heterocycles. The van der Waals surface area contributed by atoms with Gasteiger partial charge in [0.1, 0.15) is 0 Å². The zero-order valence-corrected chi connectivity index (χ0v) is 16.4. The van der Waals surface area contributed by atoms with E-state index in [1.54, 1.807) is 22.0 Å². The lowest BCUT2D eigenvalue weighted by atomic mass is 9.92. The number of thioether (sulfide) groups is 1. The van der Waals surface area contributed by atoms with Gasteiger partial charge in [0.15, 0.2) is 5.16 Å². The van der Waals surface area contributed by atoms with Gasteiger partial charge in [-0.3, -0.25) is 14.2 Å². The Labute approximate surface area is 155 Å². The minimum absolute atomic E-state index is 0.0153. The van der Waals surface area contributed by atoms with Crippen molar-refractivity contribution in [2.24, 2.45) is 5.92 Å². The Morgan fingerprint density at radius 2 is 2.24 bits per heavy atom. The van der Waals surface area contributed by atoms with Crippen LogP contribution < -0.4 is 10.9 Å². The van der Waals surface area contributed by atoms with Crippen molar-refractivity contribution in [3.8, 4) is 0 Å². The molecule has 5 nitrogen and oxygen atoms in total. The molecule has 1 atom stereocenters. The average Bonchev–Trinajstić information content (AvgIpc) is 3.07. The third kappa shape index (κ3) is 4.33. The highest BCUT2D eigenvalue weighted by Gasteiger charge is 2.28. The van der Waals surface area contributed by atoms with Gasteiger partial charge in [-0.05, 0) is 17.9 Å². The summed E-state index contributed by atoms with van der Waals surface area (Å²) in [7, 11) is 0. The van der Waals surface area contributed by atoms with Gasteiger partial charge in [-0.25, -0.2) is 4.98 Å². The lowest BCUT2D eigenvalue weighted by Crippen LogP contribution is -2.41. The quantitative estimate of drug-likeness (QED) is 0.832. The van der Waals surface area contributed by atoms with E-state index in [9.17, 15) is 9.59 Å². The number of rotatable bonds is 4. The molecule has 0 saturated heterocycles. The van der Waals surface area contributed by atoms with Crippen LogP contribution >= 0.6 is 23.1 Å². The van der Waals surface area contributed by atoms with E-state index in [0.717, 1.165) is 17.3 Å². The normalized spacial score (nSPS) is 17.2. The van der Waals surface area contributed by atoms with Crippen molar-refractivity contribution in [1.29, 1.82) is 0 Å². The summed E-state index contributed by atoms with van der Waals surface area (Å²) in [6.07, 6.45) is 0.844. The molecule has 0 fully saturated rings. The number of thiophene rings is 1. The van der Waals surface area contributed by atoms with Crippen LogP contribution in [0.15, 0.2) is 33.5 Å². The maximum atomic E-state index is 12.4. The summed E-state index contributed by atoms with van der Waals surface area (Å²) >= 11 is 3.19. The van der Waals surface area contributed by atoms with Crippen LogP contribution in [0, 0.1) is 5.92 Å². The second kappa shape index (κ2) is 7.33. The summed E-state index contributed by atoms with van der Waals surface area (Å²) in [5, 5.41) is 5.76. The van der Waals surface area contributed by atoms with Crippen molar-refractivity contribution in [3.05, 3.63) is 44.5 Å². The summed E-state index contributed by atoms with van der Waals surface area (Å²) in [6, 6.07) is 5.69. The number of fused-ring (bicyclic) bond motifs is 1. The number of carbonyl (C=O) groups is 1. The standard InChI is InChI=1S/C18H23N3O2S2/c1-18(2,3)14-9-15(22)21-10-12(11-25-17(21)20-14)16(23)19-7-6-13-5-4-8-24-13/h4-5,8-9,12H,6-7,10-11H2,1-3H3,(H,19,23). The third-order valence-corrected chi connectivity index (χ3v) is 6.25. The Morgan fingerprint density at radius 3 is 2.92 bits per heavy atom. The number of carbonyl (C=O) groups excluding carboxylic acids is 1. The van der Waals surface area contributed by atoms with Crippen LogP contribution in [0.1, 0.15) is 31.3 Å². The molecule has 0 bridgehead atoms. The third-order valence-electron chi connectivity index (χ3n) is 4.18. The van der Waals surface area contributed by atoms with E-state index in [-0.39, 0.29) is 22.8 Å². The van der Waals surface area contributed by atoms with Crippen molar-refractivity contribution in [3.63, 3.8) is 0 Å². The highest BCUT2D eigenvalue weighted by molar-refractivity contribution is 7.99. The summed E-state index contributed by atoms with van der Waals surface area (Å²) in [4.78, 5) is 30.8. The lowest BCUT2D eigenvalue weighted by molar-refractivity contribution is -0.124. The fourth-order valence-corrected chi connectivity index (χ4v) is 4.46. The summed E-state index contributed by atoms with van der Waals surface area (Å²) in [6.45, 7) is 7.17. The molecule has 25 heavy (non-hydrogen) atoms.